The molecule has 0 atom stereocenters. The molecule has 5 nitrogen and oxygen atoms in total. The maximum atomic E-state index is 13.0. The van der Waals surface area contributed by atoms with Gasteiger partial charge in [0, 0.05) is 47.3 Å². The van der Waals surface area contributed by atoms with E-state index in [1.165, 1.54) is 11.3 Å². The van der Waals surface area contributed by atoms with E-state index >= 15 is 0 Å². The number of benzene rings is 2. The highest BCUT2D eigenvalue weighted by molar-refractivity contribution is 7.14. The number of hydrogen-bond acceptors (Lipinski definition) is 4. The molecule has 1 aromatic heterocycles. The van der Waals surface area contributed by atoms with Crippen LogP contribution in [0.1, 0.15) is 22.3 Å². The number of nitrogens with zero attached hydrogens (tertiary/aromatic N) is 3. The minimum Gasteiger partial charge on any atom is -0.308 e. The summed E-state index contributed by atoms with van der Waals surface area (Å²) in [5.41, 5.74) is 3.92. The van der Waals surface area contributed by atoms with Crippen molar-refractivity contribution in [2.24, 2.45) is 0 Å². The molecule has 150 valence electrons. The molecule has 2 heterocycles. The predicted octanol–water partition coefficient (Wildman–Crippen LogP) is 4.85. The lowest BCUT2D eigenvalue weighted by molar-refractivity contribution is -0.118. The van der Waals surface area contributed by atoms with E-state index in [0.717, 1.165) is 16.8 Å². The molecule has 0 unspecified atom stereocenters. The third kappa shape index (κ3) is 3.69. The molecule has 0 aliphatic carbocycles. The maximum Gasteiger partial charge on any atom is 0.258 e. The van der Waals surface area contributed by atoms with E-state index in [0.29, 0.717) is 22.9 Å². The largest absolute Gasteiger partial charge is 0.308 e. The smallest absolute Gasteiger partial charge is 0.258 e. The first-order valence-corrected chi connectivity index (χ1v) is 10.5. The highest BCUT2D eigenvalue weighted by atomic mass is 32.1. The van der Waals surface area contributed by atoms with Gasteiger partial charge in [-0.1, -0.05) is 61.2 Å². The number of carbonyl (C=O) groups is 2. The van der Waals surface area contributed by atoms with Crippen LogP contribution in [0, 0.1) is 0 Å². The van der Waals surface area contributed by atoms with Gasteiger partial charge >= 0.3 is 0 Å². The Labute approximate surface area is 179 Å². The lowest BCUT2D eigenvalue weighted by Crippen LogP contribution is -2.34. The second kappa shape index (κ2) is 8.47. The first kappa shape index (κ1) is 19.8. The molecule has 4 rings (SSSR count). The quantitative estimate of drug-likeness (QED) is 0.519. The molecule has 0 N–H and O–H groups in total. The predicted molar refractivity (Wildman–Crippen MR) is 121 cm³/mol. The Morgan fingerprint density at radius 1 is 1.10 bits per heavy atom. The van der Waals surface area contributed by atoms with Crippen molar-refractivity contribution in [2.75, 3.05) is 18.0 Å². The van der Waals surface area contributed by atoms with Gasteiger partial charge in [0.2, 0.25) is 5.91 Å². The highest BCUT2D eigenvalue weighted by Crippen LogP contribution is 2.32. The SMILES string of the molecule is C=CCN(C(=O)CCN1C(=C)c2ccccc2C1=O)c1nc(-c2ccccc2)cs1. The number of hydrogen-bond donors (Lipinski definition) is 0. The third-order valence-electron chi connectivity index (χ3n) is 4.99. The van der Waals surface area contributed by atoms with Crippen molar-refractivity contribution in [1.82, 2.24) is 9.88 Å². The van der Waals surface area contributed by atoms with E-state index in [2.05, 4.69) is 18.1 Å². The Morgan fingerprint density at radius 3 is 2.50 bits per heavy atom. The van der Waals surface area contributed by atoms with Crippen LogP contribution in [-0.4, -0.2) is 34.8 Å². The normalized spacial score (nSPS) is 12.7. The van der Waals surface area contributed by atoms with Crippen LogP contribution in [0.4, 0.5) is 5.13 Å². The summed E-state index contributed by atoms with van der Waals surface area (Å²) in [6.07, 6.45) is 1.85. The molecule has 30 heavy (non-hydrogen) atoms. The lowest BCUT2D eigenvalue weighted by Gasteiger charge is -2.21. The van der Waals surface area contributed by atoms with Gasteiger partial charge in [-0.3, -0.25) is 14.5 Å². The molecule has 0 bridgehead atoms. The Balaban J connectivity index is 1.47. The summed E-state index contributed by atoms with van der Waals surface area (Å²) in [7, 11) is 0. The van der Waals surface area contributed by atoms with E-state index in [1.54, 1.807) is 21.9 Å². The number of anilines is 1. The van der Waals surface area contributed by atoms with Crippen LogP contribution >= 0.6 is 11.3 Å². The Morgan fingerprint density at radius 2 is 1.80 bits per heavy atom. The maximum absolute atomic E-state index is 13.0. The van der Waals surface area contributed by atoms with Gasteiger partial charge in [-0.2, -0.15) is 0 Å². The van der Waals surface area contributed by atoms with E-state index in [4.69, 9.17) is 0 Å². The average molecular weight is 416 g/mol. The fourth-order valence-electron chi connectivity index (χ4n) is 3.46. The minimum absolute atomic E-state index is 0.111. The molecule has 2 aromatic carbocycles. The second-order valence-electron chi connectivity index (χ2n) is 6.87. The molecule has 2 amide bonds. The number of rotatable bonds is 7. The molecule has 6 heteroatoms. The van der Waals surface area contributed by atoms with Crippen molar-refractivity contribution in [3.63, 3.8) is 0 Å². The van der Waals surface area contributed by atoms with Crippen molar-refractivity contribution < 1.29 is 9.59 Å². The topological polar surface area (TPSA) is 53.5 Å². The van der Waals surface area contributed by atoms with Gasteiger partial charge in [0.05, 0.1) is 5.69 Å². The molecule has 0 radical (unpaired) electrons. The van der Waals surface area contributed by atoms with E-state index in [1.807, 2.05) is 53.9 Å². The zero-order valence-electron chi connectivity index (χ0n) is 16.5. The Hall–Kier alpha value is -3.51. The van der Waals surface area contributed by atoms with Crippen LogP contribution in [0.15, 0.2) is 79.2 Å². The first-order chi connectivity index (χ1) is 14.6. The molecular weight excluding hydrogens is 394 g/mol. The van der Waals surface area contributed by atoms with Crippen LogP contribution in [0.3, 0.4) is 0 Å². The van der Waals surface area contributed by atoms with Crippen molar-refractivity contribution >= 4 is 34.0 Å². The number of amides is 2. The zero-order chi connectivity index (χ0) is 21.1. The van der Waals surface area contributed by atoms with Gasteiger partial charge < -0.3 is 4.90 Å². The fraction of sp³-hybridized carbons (Fsp3) is 0.125. The first-order valence-electron chi connectivity index (χ1n) is 9.62. The molecule has 1 aliphatic heterocycles. The summed E-state index contributed by atoms with van der Waals surface area (Å²) < 4.78 is 0. The molecule has 3 aromatic rings. The number of carbonyl (C=O) groups excluding carboxylic acids is 2. The summed E-state index contributed by atoms with van der Waals surface area (Å²) in [5, 5.41) is 2.56. The van der Waals surface area contributed by atoms with Crippen LogP contribution in [0.2, 0.25) is 0 Å². The van der Waals surface area contributed by atoms with Crippen LogP contribution in [0.5, 0.6) is 0 Å². The summed E-state index contributed by atoms with van der Waals surface area (Å²) in [4.78, 5) is 33.5. The summed E-state index contributed by atoms with van der Waals surface area (Å²) in [6.45, 7) is 8.43. The van der Waals surface area contributed by atoms with Crippen LogP contribution in [0.25, 0.3) is 17.0 Å². The average Bonchev–Trinajstić information content (AvgIpc) is 3.35. The lowest BCUT2D eigenvalue weighted by atomic mass is 10.1. The second-order valence-corrected chi connectivity index (χ2v) is 7.71. The van der Waals surface area contributed by atoms with Crippen LogP contribution < -0.4 is 4.90 Å². The van der Waals surface area contributed by atoms with Gasteiger partial charge in [0.1, 0.15) is 0 Å². The van der Waals surface area contributed by atoms with Crippen molar-refractivity contribution in [1.29, 1.82) is 0 Å². The summed E-state index contributed by atoms with van der Waals surface area (Å²) >= 11 is 1.42. The van der Waals surface area contributed by atoms with E-state index in [-0.39, 0.29) is 24.8 Å². The van der Waals surface area contributed by atoms with Gasteiger partial charge in [0.15, 0.2) is 5.13 Å². The number of fused-ring (bicyclic) bond motifs is 1. The Kier molecular flexibility index (Phi) is 5.59. The van der Waals surface area contributed by atoms with Gasteiger partial charge in [0.25, 0.3) is 5.91 Å². The van der Waals surface area contributed by atoms with Crippen molar-refractivity contribution in [3.05, 3.63) is 90.3 Å². The number of thiazole rings is 1. The van der Waals surface area contributed by atoms with Crippen molar-refractivity contribution in [2.45, 2.75) is 6.42 Å². The van der Waals surface area contributed by atoms with E-state index < -0.39 is 0 Å². The van der Waals surface area contributed by atoms with Gasteiger partial charge in [-0.05, 0) is 6.07 Å². The minimum atomic E-state index is -0.112. The van der Waals surface area contributed by atoms with Gasteiger partial charge in [-0.25, -0.2) is 4.98 Å². The monoisotopic (exact) mass is 415 g/mol. The molecule has 0 saturated heterocycles. The standard InChI is InChI=1S/C24H21N3O2S/c1-3-14-27(24-25-21(16-30-24)18-9-5-4-6-10-18)22(28)13-15-26-17(2)19-11-7-8-12-20(19)23(26)29/h3-12,16H,1-2,13-15H2. The summed E-state index contributed by atoms with van der Waals surface area (Å²) in [6, 6.07) is 17.2. The van der Waals surface area contributed by atoms with Gasteiger partial charge in [-0.15, -0.1) is 17.9 Å². The third-order valence-corrected chi connectivity index (χ3v) is 5.86. The van der Waals surface area contributed by atoms with Crippen molar-refractivity contribution in [3.8, 4) is 11.3 Å². The molecule has 0 fully saturated rings. The molecule has 0 saturated carbocycles. The molecule has 0 spiro atoms. The van der Waals surface area contributed by atoms with Crippen LogP contribution in [-0.2, 0) is 4.79 Å². The molecular formula is C24H21N3O2S. The summed E-state index contributed by atoms with van der Waals surface area (Å²) in [5.74, 6) is -0.222. The zero-order valence-corrected chi connectivity index (χ0v) is 17.3. The fourth-order valence-corrected chi connectivity index (χ4v) is 4.32. The Bertz CT molecular complexity index is 1090. The number of aromatic nitrogens is 1. The molecule has 1 aliphatic rings. The van der Waals surface area contributed by atoms with E-state index in [9.17, 15) is 9.59 Å². The highest BCUT2D eigenvalue weighted by Gasteiger charge is 2.31.